The molecule has 102 valence electrons. The van der Waals surface area contributed by atoms with E-state index >= 15 is 0 Å². The molecule has 0 saturated heterocycles. The Morgan fingerprint density at radius 3 is 2.68 bits per heavy atom. The van der Waals surface area contributed by atoms with Gasteiger partial charge in [0, 0.05) is 19.2 Å². The summed E-state index contributed by atoms with van der Waals surface area (Å²) >= 11 is 5.79. The maximum absolute atomic E-state index is 12.1. The average Bonchev–Trinajstić information content (AvgIpc) is 2.69. The van der Waals surface area contributed by atoms with Crippen molar-refractivity contribution in [2.24, 2.45) is 7.05 Å². The predicted octanol–water partition coefficient (Wildman–Crippen LogP) is 1.26. The van der Waals surface area contributed by atoms with E-state index in [1.165, 1.54) is 24.0 Å². The summed E-state index contributed by atoms with van der Waals surface area (Å²) in [6.45, 7) is -0.0312. The second-order valence-corrected chi connectivity index (χ2v) is 5.96. The number of nitrogens with zero attached hydrogens (tertiary/aromatic N) is 2. The Bertz CT molecular complexity index is 677. The van der Waals surface area contributed by atoms with Crippen molar-refractivity contribution >= 4 is 21.6 Å². The zero-order chi connectivity index (χ0) is 14.0. The average molecular weight is 302 g/mol. The number of hydrogen-bond donors (Lipinski definition) is 2. The van der Waals surface area contributed by atoms with Crippen LogP contribution in [0.1, 0.15) is 5.56 Å². The van der Waals surface area contributed by atoms with Gasteiger partial charge in [-0.2, -0.15) is 5.10 Å². The van der Waals surface area contributed by atoms with Gasteiger partial charge in [-0.3, -0.25) is 4.68 Å². The monoisotopic (exact) mass is 301 g/mol. The van der Waals surface area contributed by atoms with E-state index in [4.69, 9.17) is 11.6 Å². The second-order valence-electron chi connectivity index (χ2n) is 3.87. The molecule has 0 bridgehead atoms. The molecule has 2 rings (SSSR count). The third-order valence-corrected chi connectivity index (χ3v) is 4.45. The summed E-state index contributed by atoms with van der Waals surface area (Å²) in [5, 5.41) is 13.3. The van der Waals surface area contributed by atoms with E-state index in [2.05, 4.69) is 9.82 Å². The number of aryl methyl sites for hydroxylation is 1. The van der Waals surface area contributed by atoms with Crippen LogP contribution in [0.3, 0.4) is 0 Å². The van der Waals surface area contributed by atoms with Crippen LogP contribution in [0, 0.1) is 0 Å². The normalized spacial score (nSPS) is 11.7. The number of halogens is 1. The van der Waals surface area contributed by atoms with Crippen LogP contribution in [-0.4, -0.2) is 23.3 Å². The summed E-state index contributed by atoms with van der Waals surface area (Å²) in [7, 11) is -2.30. The third-order valence-electron chi connectivity index (χ3n) is 2.54. The molecule has 1 aromatic carbocycles. The zero-order valence-electron chi connectivity index (χ0n) is 10.0. The highest BCUT2D eigenvalue weighted by atomic mass is 35.5. The van der Waals surface area contributed by atoms with Crippen molar-refractivity contribution < 1.29 is 13.5 Å². The van der Waals surface area contributed by atoms with Gasteiger partial charge in [0.05, 0.1) is 11.2 Å². The summed E-state index contributed by atoms with van der Waals surface area (Å²) in [5.74, 6) is 0.0290. The van der Waals surface area contributed by atoms with E-state index in [1.54, 1.807) is 18.2 Å². The highest BCUT2D eigenvalue weighted by Gasteiger charge is 2.22. The van der Waals surface area contributed by atoms with Crippen LogP contribution < -0.4 is 4.72 Å². The van der Waals surface area contributed by atoms with Crippen molar-refractivity contribution in [3.05, 3.63) is 41.0 Å². The molecular weight excluding hydrogens is 290 g/mol. The summed E-state index contributed by atoms with van der Waals surface area (Å²) in [6.07, 6.45) is 1.26. The fraction of sp³-hybridized carbons (Fsp3) is 0.182. The summed E-state index contributed by atoms with van der Waals surface area (Å²) < 4.78 is 27.7. The first-order chi connectivity index (χ1) is 8.92. The number of para-hydroxylation sites is 1. The fourth-order valence-electron chi connectivity index (χ4n) is 1.60. The third kappa shape index (κ3) is 2.89. The first-order valence-electron chi connectivity index (χ1n) is 5.36. The van der Waals surface area contributed by atoms with Crippen LogP contribution in [0.25, 0.3) is 0 Å². The summed E-state index contributed by atoms with van der Waals surface area (Å²) in [6, 6.07) is 6.48. The minimum Gasteiger partial charge on any atom is -0.508 e. The summed E-state index contributed by atoms with van der Waals surface area (Å²) in [4.78, 5) is 0. The Kier molecular flexibility index (Phi) is 3.79. The molecule has 0 amide bonds. The fourth-order valence-corrected chi connectivity index (χ4v) is 3.26. The van der Waals surface area contributed by atoms with Gasteiger partial charge in [0.1, 0.15) is 5.75 Å². The van der Waals surface area contributed by atoms with Gasteiger partial charge in [0.2, 0.25) is 0 Å². The van der Waals surface area contributed by atoms with Gasteiger partial charge in [0.15, 0.2) is 5.03 Å². The molecule has 0 saturated carbocycles. The number of aromatic nitrogens is 2. The van der Waals surface area contributed by atoms with Crippen molar-refractivity contribution in [1.82, 2.24) is 14.5 Å². The van der Waals surface area contributed by atoms with Crippen LogP contribution in [0.2, 0.25) is 5.02 Å². The quantitative estimate of drug-likeness (QED) is 0.890. The van der Waals surface area contributed by atoms with Gasteiger partial charge < -0.3 is 5.11 Å². The molecule has 0 fully saturated rings. The minimum atomic E-state index is -3.79. The van der Waals surface area contributed by atoms with Crippen molar-refractivity contribution in [3.8, 4) is 5.75 Å². The highest BCUT2D eigenvalue weighted by molar-refractivity contribution is 7.89. The molecule has 1 aromatic heterocycles. The number of hydrogen-bond acceptors (Lipinski definition) is 4. The van der Waals surface area contributed by atoms with Gasteiger partial charge in [-0.15, -0.1) is 0 Å². The molecular formula is C11H12ClN3O3S. The summed E-state index contributed by atoms with van der Waals surface area (Å²) in [5.41, 5.74) is 0.476. The number of benzene rings is 1. The largest absolute Gasteiger partial charge is 0.508 e. The lowest BCUT2D eigenvalue weighted by atomic mass is 10.2. The zero-order valence-corrected chi connectivity index (χ0v) is 11.6. The Balaban J connectivity index is 2.22. The first kappa shape index (κ1) is 13.9. The van der Waals surface area contributed by atoms with Gasteiger partial charge in [-0.05, 0) is 6.07 Å². The second kappa shape index (κ2) is 5.20. The van der Waals surface area contributed by atoms with Crippen LogP contribution in [-0.2, 0) is 23.6 Å². The molecule has 2 N–H and O–H groups in total. The van der Waals surface area contributed by atoms with Crippen molar-refractivity contribution in [2.75, 3.05) is 0 Å². The van der Waals surface area contributed by atoms with Crippen LogP contribution in [0.4, 0.5) is 0 Å². The molecule has 1 heterocycles. The molecule has 2 aromatic rings. The van der Waals surface area contributed by atoms with Gasteiger partial charge in [0.25, 0.3) is 10.0 Å². The Morgan fingerprint density at radius 1 is 1.42 bits per heavy atom. The predicted molar refractivity (Wildman–Crippen MR) is 70.4 cm³/mol. The Hall–Kier alpha value is -1.57. The smallest absolute Gasteiger partial charge is 0.259 e. The maximum Gasteiger partial charge on any atom is 0.259 e. The topological polar surface area (TPSA) is 84.2 Å². The standard InChI is InChI=1S/C11H12ClN3O3S/c1-15-11(9(12)7-13-15)19(17,18)14-6-8-4-2-3-5-10(8)16/h2-5,7,14,16H,6H2,1H3. The van der Waals surface area contributed by atoms with Crippen LogP contribution in [0.5, 0.6) is 5.75 Å². The van der Waals surface area contributed by atoms with E-state index in [0.29, 0.717) is 5.56 Å². The van der Waals surface area contributed by atoms with E-state index in [0.717, 1.165) is 0 Å². The van der Waals surface area contributed by atoms with Gasteiger partial charge >= 0.3 is 0 Å². The molecule has 8 heteroatoms. The number of rotatable bonds is 4. The van der Waals surface area contributed by atoms with Gasteiger partial charge in [-0.1, -0.05) is 29.8 Å². The van der Waals surface area contributed by atoms with E-state index < -0.39 is 10.0 Å². The SMILES string of the molecule is Cn1ncc(Cl)c1S(=O)(=O)NCc1ccccc1O. The van der Waals surface area contributed by atoms with Crippen molar-refractivity contribution in [2.45, 2.75) is 11.6 Å². The van der Waals surface area contributed by atoms with Crippen molar-refractivity contribution in [1.29, 1.82) is 0 Å². The molecule has 0 unspecified atom stereocenters. The Morgan fingerprint density at radius 2 is 2.11 bits per heavy atom. The molecule has 0 aliphatic heterocycles. The molecule has 19 heavy (non-hydrogen) atoms. The van der Waals surface area contributed by atoms with Crippen molar-refractivity contribution in [3.63, 3.8) is 0 Å². The first-order valence-corrected chi connectivity index (χ1v) is 7.22. The lowest BCUT2D eigenvalue weighted by molar-refractivity contribution is 0.467. The van der Waals surface area contributed by atoms with Gasteiger partial charge in [-0.25, -0.2) is 13.1 Å². The number of phenolic OH excluding ortho intramolecular Hbond substituents is 1. The number of phenols is 1. The molecule has 0 aliphatic rings. The number of nitrogens with one attached hydrogen (secondary N) is 1. The lowest BCUT2D eigenvalue weighted by Gasteiger charge is -2.08. The number of sulfonamides is 1. The number of aromatic hydroxyl groups is 1. The molecule has 0 atom stereocenters. The van der Waals surface area contributed by atoms with E-state index in [-0.39, 0.29) is 22.3 Å². The van der Waals surface area contributed by atoms with E-state index in [1.807, 2.05) is 0 Å². The lowest BCUT2D eigenvalue weighted by Crippen LogP contribution is -2.25. The molecule has 0 spiro atoms. The molecule has 6 nitrogen and oxygen atoms in total. The van der Waals surface area contributed by atoms with Crippen LogP contribution in [0.15, 0.2) is 35.5 Å². The maximum atomic E-state index is 12.1. The van der Waals surface area contributed by atoms with Crippen LogP contribution >= 0.6 is 11.6 Å². The minimum absolute atomic E-state index is 0.0290. The highest BCUT2D eigenvalue weighted by Crippen LogP contribution is 2.21. The Labute approximate surface area is 115 Å². The molecule has 0 aliphatic carbocycles. The van der Waals surface area contributed by atoms with E-state index in [9.17, 15) is 13.5 Å². The molecule has 0 radical (unpaired) electrons.